The van der Waals surface area contributed by atoms with Gasteiger partial charge in [-0.05, 0) is 49.2 Å². The third-order valence-corrected chi connectivity index (χ3v) is 4.85. The average Bonchev–Trinajstić information content (AvgIpc) is 2.76. The fourth-order valence-electron chi connectivity index (χ4n) is 3.31. The number of rotatable bonds is 5. The largest absolute Gasteiger partial charge is 0.485 e. The number of para-hydroxylation sites is 2. The molecule has 0 spiro atoms. The molecule has 0 saturated carbocycles. The first-order chi connectivity index (χ1) is 14.5. The number of aryl methyl sites for hydroxylation is 2. The second-order valence-corrected chi connectivity index (χ2v) is 7.00. The summed E-state index contributed by atoms with van der Waals surface area (Å²) in [5.41, 5.74) is 5.28. The molecule has 3 aromatic carbocycles. The van der Waals surface area contributed by atoms with Crippen LogP contribution in [0.4, 0.5) is 0 Å². The van der Waals surface area contributed by atoms with Crippen molar-refractivity contribution >= 4 is 16.8 Å². The molecule has 30 heavy (non-hydrogen) atoms. The molecule has 6 nitrogen and oxygen atoms in total. The standard InChI is InChI=1S/C24H21N3O3/c1-16-9-8-10-17(2)22(16)30-15-21-25-20-14-7-6-13-19(20)24(29)27(21)26-23(28)18-11-4-3-5-12-18/h3-14H,15H2,1-2H3,(H,26,28). The summed E-state index contributed by atoms with van der Waals surface area (Å²) in [4.78, 5) is 30.4. The molecule has 150 valence electrons. The molecule has 4 aromatic rings. The summed E-state index contributed by atoms with van der Waals surface area (Å²) in [5.74, 6) is 0.648. The van der Waals surface area contributed by atoms with Crippen LogP contribution in [0.25, 0.3) is 10.9 Å². The highest BCUT2D eigenvalue weighted by molar-refractivity contribution is 6.00. The highest BCUT2D eigenvalue weighted by Crippen LogP contribution is 2.23. The van der Waals surface area contributed by atoms with E-state index in [1.807, 2.05) is 44.2 Å². The van der Waals surface area contributed by atoms with Crippen molar-refractivity contribution in [2.45, 2.75) is 20.5 Å². The van der Waals surface area contributed by atoms with Crippen molar-refractivity contribution in [2.24, 2.45) is 0 Å². The van der Waals surface area contributed by atoms with Gasteiger partial charge in [0.1, 0.15) is 12.4 Å². The van der Waals surface area contributed by atoms with E-state index in [4.69, 9.17) is 4.74 Å². The van der Waals surface area contributed by atoms with E-state index in [0.29, 0.717) is 22.3 Å². The third kappa shape index (κ3) is 3.80. The van der Waals surface area contributed by atoms with E-state index in [9.17, 15) is 9.59 Å². The van der Waals surface area contributed by atoms with Crippen molar-refractivity contribution in [1.82, 2.24) is 9.66 Å². The highest BCUT2D eigenvalue weighted by atomic mass is 16.5. The number of amides is 1. The molecule has 0 aliphatic heterocycles. The topological polar surface area (TPSA) is 73.2 Å². The molecule has 0 aliphatic rings. The lowest BCUT2D eigenvalue weighted by Crippen LogP contribution is -2.37. The molecule has 0 unspecified atom stereocenters. The van der Waals surface area contributed by atoms with Crippen molar-refractivity contribution in [2.75, 3.05) is 5.43 Å². The van der Waals surface area contributed by atoms with Gasteiger partial charge in [-0.25, -0.2) is 4.98 Å². The van der Waals surface area contributed by atoms with Gasteiger partial charge in [0.15, 0.2) is 5.82 Å². The number of hydrogen-bond acceptors (Lipinski definition) is 4. The molecule has 0 bridgehead atoms. The minimum absolute atomic E-state index is 0.0286. The highest BCUT2D eigenvalue weighted by Gasteiger charge is 2.15. The molecule has 6 heteroatoms. The van der Waals surface area contributed by atoms with Gasteiger partial charge >= 0.3 is 0 Å². The van der Waals surface area contributed by atoms with Gasteiger partial charge in [-0.15, -0.1) is 0 Å². The van der Waals surface area contributed by atoms with Gasteiger partial charge in [-0.1, -0.05) is 48.5 Å². The number of aromatic nitrogens is 2. The van der Waals surface area contributed by atoms with Crippen LogP contribution in [0, 0.1) is 13.8 Å². The molecule has 1 aromatic heterocycles. The summed E-state index contributed by atoms with van der Waals surface area (Å²) in [6.07, 6.45) is 0. The first kappa shape index (κ1) is 19.4. The number of hydrogen-bond donors (Lipinski definition) is 1. The zero-order chi connectivity index (χ0) is 21.1. The Labute approximate surface area is 173 Å². The summed E-state index contributed by atoms with van der Waals surface area (Å²) in [6.45, 7) is 3.95. The van der Waals surface area contributed by atoms with Crippen LogP contribution in [0.1, 0.15) is 27.3 Å². The number of nitrogens with zero attached hydrogens (tertiary/aromatic N) is 2. The Morgan fingerprint density at radius 3 is 2.33 bits per heavy atom. The fraction of sp³-hybridized carbons (Fsp3) is 0.125. The van der Waals surface area contributed by atoms with Crippen LogP contribution in [0.15, 0.2) is 77.6 Å². The average molecular weight is 399 g/mol. The summed E-state index contributed by atoms with van der Waals surface area (Å²) in [5, 5.41) is 0.418. The van der Waals surface area contributed by atoms with Gasteiger partial charge < -0.3 is 4.74 Å². The number of fused-ring (bicyclic) bond motifs is 1. The Kier molecular flexibility index (Phi) is 5.30. The van der Waals surface area contributed by atoms with Gasteiger partial charge in [0.05, 0.1) is 10.9 Å². The first-order valence-corrected chi connectivity index (χ1v) is 9.60. The predicted molar refractivity (Wildman–Crippen MR) is 116 cm³/mol. The zero-order valence-corrected chi connectivity index (χ0v) is 16.8. The monoisotopic (exact) mass is 399 g/mol. The second kappa shape index (κ2) is 8.21. The maximum Gasteiger partial charge on any atom is 0.280 e. The van der Waals surface area contributed by atoms with Crippen molar-refractivity contribution in [3.8, 4) is 5.75 Å². The Morgan fingerprint density at radius 1 is 0.933 bits per heavy atom. The lowest BCUT2D eigenvalue weighted by Gasteiger charge is -2.16. The normalized spacial score (nSPS) is 10.7. The number of carbonyl (C=O) groups excluding carboxylic acids is 1. The fourth-order valence-corrected chi connectivity index (χ4v) is 3.31. The first-order valence-electron chi connectivity index (χ1n) is 9.60. The molecule has 0 radical (unpaired) electrons. The van der Waals surface area contributed by atoms with Crippen LogP contribution in [-0.4, -0.2) is 15.6 Å². The van der Waals surface area contributed by atoms with Crippen LogP contribution >= 0.6 is 0 Å². The smallest absolute Gasteiger partial charge is 0.280 e. The minimum Gasteiger partial charge on any atom is -0.485 e. The Balaban J connectivity index is 1.74. The molecule has 1 N–H and O–H groups in total. The van der Waals surface area contributed by atoms with Crippen molar-refractivity contribution in [3.05, 3.63) is 106 Å². The minimum atomic E-state index is -0.400. The van der Waals surface area contributed by atoms with Crippen molar-refractivity contribution < 1.29 is 9.53 Å². The van der Waals surface area contributed by atoms with Crippen molar-refractivity contribution in [3.63, 3.8) is 0 Å². The Bertz CT molecular complexity index is 1260. The van der Waals surface area contributed by atoms with E-state index in [-0.39, 0.29) is 12.2 Å². The molecule has 0 fully saturated rings. The van der Waals surface area contributed by atoms with Crippen LogP contribution in [0.5, 0.6) is 5.75 Å². The van der Waals surface area contributed by atoms with Crippen molar-refractivity contribution in [1.29, 1.82) is 0 Å². The quantitative estimate of drug-likeness (QED) is 0.551. The predicted octanol–water partition coefficient (Wildman–Crippen LogP) is 3.98. The SMILES string of the molecule is Cc1cccc(C)c1OCc1nc2ccccc2c(=O)n1NC(=O)c1ccccc1. The van der Waals surface area contributed by atoms with E-state index in [2.05, 4.69) is 10.4 Å². The van der Waals surface area contributed by atoms with Crippen LogP contribution in [0.3, 0.4) is 0 Å². The Morgan fingerprint density at radius 2 is 1.60 bits per heavy atom. The summed E-state index contributed by atoms with van der Waals surface area (Å²) >= 11 is 0. The molecule has 0 saturated heterocycles. The van der Waals surface area contributed by atoms with Crippen LogP contribution < -0.4 is 15.7 Å². The van der Waals surface area contributed by atoms with E-state index in [1.165, 1.54) is 4.68 Å². The molecule has 4 rings (SSSR count). The summed E-state index contributed by atoms with van der Waals surface area (Å²) in [7, 11) is 0. The Hall–Kier alpha value is -3.93. The third-order valence-electron chi connectivity index (χ3n) is 4.85. The van der Waals surface area contributed by atoms with Crippen LogP contribution in [0.2, 0.25) is 0 Å². The lowest BCUT2D eigenvalue weighted by molar-refractivity contribution is 0.100. The second-order valence-electron chi connectivity index (χ2n) is 7.00. The summed E-state index contributed by atoms with van der Waals surface area (Å²) < 4.78 is 7.18. The van der Waals surface area contributed by atoms with Crippen LogP contribution in [-0.2, 0) is 6.61 Å². The van der Waals surface area contributed by atoms with E-state index < -0.39 is 5.91 Å². The lowest BCUT2D eigenvalue weighted by atomic mass is 10.1. The molecule has 0 atom stereocenters. The zero-order valence-electron chi connectivity index (χ0n) is 16.8. The van der Waals surface area contributed by atoms with Gasteiger partial charge in [0.25, 0.3) is 11.5 Å². The molecular formula is C24H21N3O3. The van der Waals surface area contributed by atoms with Gasteiger partial charge in [0, 0.05) is 5.56 Å². The van der Waals surface area contributed by atoms with E-state index >= 15 is 0 Å². The van der Waals surface area contributed by atoms with E-state index in [1.54, 1.807) is 42.5 Å². The number of ether oxygens (including phenoxy) is 1. The molecule has 1 amide bonds. The van der Waals surface area contributed by atoms with Gasteiger partial charge in [0.2, 0.25) is 0 Å². The number of carbonyl (C=O) groups is 1. The van der Waals surface area contributed by atoms with Gasteiger partial charge in [-0.3, -0.25) is 15.0 Å². The number of benzene rings is 3. The maximum atomic E-state index is 13.1. The molecular weight excluding hydrogens is 378 g/mol. The molecule has 0 aliphatic carbocycles. The molecule has 1 heterocycles. The number of nitrogens with one attached hydrogen (secondary N) is 1. The van der Waals surface area contributed by atoms with Gasteiger partial charge in [-0.2, -0.15) is 4.68 Å². The maximum absolute atomic E-state index is 13.1. The summed E-state index contributed by atoms with van der Waals surface area (Å²) in [6, 6.07) is 21.6. The van der Waals surface area contributed by atoms with E-state index in [0.717, 1.165) is 16.9 Å².